The molecule has 0 saturated heterocycles. The van der Waals surface area contributed by atoms with Crippen LogP contribution in [0.4, 0.5) is 13.2 Å². The van der Waals surface area contributed by atoms with Crippen molar-refractivity contribution in [2.75, 3.05) is 0 Å². The van der Waals surface area contributed by atoms with E-state index in [1.165, 1.54) is 0 Å². The van der Waals surface area contributed by atoms with E-state index in [9.17, 15) is 13.2 Å². The van der Waals surface area contributed by atoms with Crippen LogP contribution in [-0.4, -0.2) is 4.98 Å². The Labute approximate surface area is 88.6 Å². The number of aromatic nitrogens is 1. The van der Waals surface area contributed by atoms with Gasteiger partial charge in [0.2, 0.25) is 5.95 Å². The molecular weight excluding hydrogens is 350 g/mol. The standard InChI is InChI=1S/C6H2BrF3IN/c7-2-1-3(8)12-5(4(2)11)6(9)10/h1,6H. The summed E-state index contributed by atoms with van der Waals surface area (Å²) in [6, 6.07) is 1.05. The van der Waals surface area contributed by atoms with Gasteiger partial charge in [0.25, 0.3) is 6.43 Å². The van der Waals surface area contributed by atoms with Gasteiger partial charge < -0.3 is 0 Å². The van der Waals surface area contributed by atoms with Crippen LogP contribution in [0.5, 0.6) is 0 Å². The summed E-state index contributed by atoms with van der Waals surface area (Å²) in [4.78, 5) is 3.08. The van der Waals surface area contributed by atoms with Crippen LogP contribution in [0.25, 0.3) is 0 Å². The Kier molecular flexibility index (Phi) is 3.33. The molecule has 0 aliphatic carbocycles. The fourth-order valence-electron chi connectivity index (χ4n) is 0.631. The molecule has 6 heteroatoms. The lowest BCUT2D eigenvalue weighted by Crippen LogP contribution is -1.98. The molecule has 12 heavy (non-hydrogen) atoms. The molecule has 0 saturated carbocycles. The average molecular weight is 352 g/mol. The van der Waals surface area contributed by atoms with E-state index in [1.807, 2.05) is 0 Å². The highest BCUT2D eigenvalue weighted by Crippen LogP contribution is 2.28. The van der Waals surface area contributed by atoms with Crippen LogP contribution in [0.1, 0.15) is 12.1 Å². The van der Waals surface area contributed by atoms with Crippen molar-refractivity contribution in [3.05, 3.63) is 25.8 Å². The molecule has 1 aromatic heterocycles. The van der Waals surface area contributed by atoms with Gasteiger partial charge >= 0.3 is 0 Å². The molecule has 0 unspecified atom stereocenters. The third-order valence-corrected chi connectivity index (χ3v) is 3.61. The number of halogens is 5. The highest BCUT2D eigenvalue weighted by Gasteiger charge is 2.16. The Bertz CT molecular complexity index is 305. The van der Waals surface area contributed by atoms with Crippen LogP contribution in [0.3, 0.4) is 0 Å². The Balaban J connectivity index is 3.28. The van der Waals surface area contributed by atoms with Gasteiger partial charge in [-0.3, -0.25) is 0 Å². The van der Waals surface area contributed by atoms with E-state index in [-0.39, 0.29) is 3.57 Å². The first-order valence-corrected chi connectivity index (χ1v) is 4.69. The number of rotatable bonds is 1. The van der Waals surface area contributed by atoms with Crippen molar-refractivity contribution in [1.29, 1.82) is 0 Å². The minimum Gasteiger partial charge on any atom is -0.218 e. The molecule has 1 rings (SSSR count). The predicted molar refractivity (Wildman–Crippen MR) is 49.6 cm³/mol. The second-order valence-corrected chi connectivity index (χ2v) is 3.86. The minimum absolute atomic E-state index is 0.240. The summed E-state index contributed by atoms with van der Waals surface area (Å²) in [6.07, 6.45) is -2.75. The SMILES string of the molecule is Fc1cc(Br)c(I)c(C(F)F)n1. The van der Waals surface area contributed by atoms with Gasteiger partial charge in [-0.15, -0.1) is 0 Å². The summed E-state index contributed by atoms with van der Waals surface area (Å²) in [5.41, 5.74) is -0.525. The summed E-state index contributed by atoms with van der Waals surface area (Å²) in [7, 11) is 0. The number of nitrogens with zero attached hydrogens (tertiary/aromatic N) is 1. The molecular formula is C6H2BrF3IN. The Hall–Kier alpha value is 0.150. The topological polar surface area (TPSA) is 12.9 Å². The quantitative estimate of drug-likeness (QED) is 0.557. The first kappa shape index (κ1) is 10.2. The van der Waals surface area contributed by atoms with Crippen LogP contribution >= 0.6 is 38.5 Å². The van der Waals surface area contributed by atoms with Gasteiger partial charge in [0.1, 0.15) is 5.69 Å². The summed E-state index contributed by atoms with van der Waals surface area (Å²) in [5, 5.41) is 0. The van der Waals surface area contributed by atoms with Gasteiger partial charge in [-0.2, -0.15) is 4.39 Å². The number of pyridine rings is 1. The van der Waals surface area contributed by atoms with E-state index in [4.69, 9.17) is 0 Å². The molecule has 0 radical (unpaired) electrons. The molecule has 66 valence electrons. The second-order valence-electron chi connectivity index (χ2n) is 1.93. The molecule has 0 aromatic carbocycles. The second kappa shape index (κ2) is 3.91. The molecule has 1 heterocycles. The van der Waals surface area contributed by atoms with Gasteiger partial charge in [-0.05, 0) is 38.5 Å². The number of alkyl halides is 2. The maximum atomic E-state index is 12.5. The van der Waals surface area contributed by atoms with Crippen LogP contribution in [-0.2, 0) is 0 Å². The molecule has 0 N–H and O–H groups in total. The highest BCUT2D eigenvalue weighted by molar-refractivity contribution is 14.1. The van der Waals surface area contributed by atoms with Gasteiger partial charge in [-0.1, -0.05) is 0 Å². The molecule has 1 aromatic rings. The minimum atomic E-state index is -2.75. The lowest BCUT2D eigenvalue weighted by Gasteiger charge is -2.03. The first-order valence-electron chi connectivity index (χ1n) is 2.82. The molecule has 0 aliphatic heterocycles. The van der Waals surface area contributed by atoms with Crippen molar-refractivity contribution in [3.8, 4) is 0 Å². The van der Waals surface area contributed by atoms with Crippen molar-refractivity contribution >= 4 is 38.5 Å². The molecule has 0 fully saturated rings. The Morgan fingerprint density at radius 1 is 1.50 bits per heavy atom. The van der Waals surface area contributed by atoms with Crippen LogP contribution in [0.15, 0.2) is 10.5 Å². The van der Waals surface area contributed by atoms with E-state index in [1.54, 1.807) is 22.6 Å². The van der Waals surface area contributed by atoms with Crippen molar-refractivity contribution in [1.82, 2.24) is 4.98 Å². The summed E-state index contributed by atoms with van der Waals surface area (Å²) in [6.45, 7) is 0. The zero-order valence-electron chi connectivity index (χ0n) is 5.49. The van der Waals surface area contributed by atoms with Gasteiger partial charge in [0.15, 0.2) is 0 Å². The third kappa shape index (κ3) is 2.09. The van der Waals surface area contributed by atoms with E-state index in [0.717, 1.165) is 6.07 Å². The maximum Gasteiger partial charge on any atom is 0.281 e. The molecule has 0 bridgehead atoms. The van der Waals surface area contributed by atoms with Crippen molar-refractivity contribution in [2.24, 2.45) is 0 Å². The fraction of sp³-hybridized carbons (Fsp3) is 0.167. The third-order valence-electron chi connectivity index (χ3n) is 1.11. The van der Waals surface area contributed by atoms with Crippen molar-refractivity contribution in [2.45, 2.75) is 6.43 Å². The zero-order valence-corrected chi connectivity index (χ0v) is 9.24. The van der Waals surface area contributed by atoms with Crippen LogP contribution in [0.2, 0.25) is 0 Å². The largest absolute Gasteiger partial charge is 0.281 e. The molecule has 0 spiro atoms. The van der Waals surface area contributed by atoms with E-state index in [2.05, 4.69) is 20.9 Å². The lowest BCUT2D eigenvalue weighted by atomic mass is 10.4. The van der Waals surface area contributed by atoms with Gasteiger partial charge in [-0.25, -0.2) is 13.8 Å². The first-order chi connectivity index (χ1) is 5.52. The smallest absolute Gasteiger partial charge is 0.218 e. The fourth-order valence-corrected chi connectivity index (χ4v) is 1.54. The summed E-state index contributed by atoms with van der Waals surface area (Å²) in [5.74, 6) is -0.905. The van der Waals surface area contributed by atoms with Crippen LogP contribution in [0, 0.1) is 9.52 Å². The monoisotopic (exact) mass is 351 g/mol. The van der Waals surface area contributed by atoms with E-state index < -0.39 is 18.1 Å². The van der Waals surface area contributed by atoms with E-state index in [0.29, 0.717) is 4.47 Å². The van der Waals surface area contributed by atoms with E-state index >= 15 is 0 Å². The van der Waals surface area contributed by atoms with Gasteiger partial charge in [0.05, 0.1) is 3.57 Å². The number of hydrogen-bond acceptors (Lipinski definition) is 1. The highest BCUT2D eigenvalue weighted by atomic mass is 127. The zero-order chi connectivity index (χ0) is 9.30. The molecule has 0 aliphatic rings. The molecule has 0 atom stereocenters. The maximum absolute atomic E-state index is 12.5. The van der Waals surface area contributed by atoms with Crippen molar-refractivity contribution < 1.29 is 13.2 Å². The Morgan fingerprint density at radius 2 is 2.08 bits per heavy atom. The van der Waals surface area contributed by atoms with Gasteiger partial charge in [0, 0.05) is 10.5 Å². The number of hydrogen-bond donors (Lipinski definition) is 0. The summed E-state index contributed by atoms with van der Waals surface area (Å²) >= 11 is 4.63. The lowest BCUT2D eigenvalue weighted by molar-refractivity contribution is 0.143. The molecule has 1 nitrogen and oxygen atoms in total. The average Bonchev–Trinajstić information content (AvgIpc) is 1.96. The van der Waals surface area contributed by atoms with Crippen molar-refractivity contribution in [3.63, 3.8) is 0 Å². The predicted octanol–water partition coefficient (Wildman–Crippen LogP) is 3.53. The normalized spacial score (nSPS) is 10.8. The molecule has 0 amide bonds. The summed E-state index contributed by atoms with van der Waals surface area (Å²) < 4.78 is 37.3. The van der Waals surface area contributed by atoms with Crippen LogP contribution < -0.4 is 0 Å². The Morgan fingerprint density at radius 3 is 2.58 bits per heavy atom.